The van der Waals surface area contributed by atoms with Crippen molar-refractivity contribution in [2.75, 3.05) is 13.1 Å². The van der Waals surface area contributed by atoms with E-state index in [0.717, 1.165) is 12.8 Å². The Kier molecular flexibility index (Phi) is 4.89. The largest absolute Gasteiger partial charge is 0.393 e. The van der Waals surface area contributed by atoms with Gasteiger partial charge in [0.1, 0.15) is 5.69 Å². The number of aliphatic hydroxyl groups excluding tert-OH is 1. The normalized spacial score (nSPS) is 16.4. The molecule has 1 N–H and O–H groups in total. The maximum Gasteiger partial charge on any atom is 0.274 e. The first-order valence-corrected chi connectivity index (χ1v) is 7.17. The Morgan fingerprint density at radius 1 is 1.40 bits per heavy atom. The number of carbonyl (C=O) groups excluding carboxylic acids is 1. The van der Waals surface area contributed by atoms with Crippen LogP contribution in [0.2, 0.25) is 0 Å². The fraction of sp³-hybridized carbons (Fsp3) is 0.643. The number of hydrogen-bond donors (Lipinski definition) is 1. The fourth-order valence-corrected chi connectivity index (χ4v) is 2.26. The molecule has 0 spiro atoms. The van der Waals surface area contributed by atoms with E-state index >= 15 is 0 Å². The maximum atomic E-state index is 12.3. The van der Waals surface area contributed by atoms with Gasteiger partial charge in [0.25, 0.3) is 11.5 Å². The highest BCUT2D eigenvalue weighted by molar-refractivity contribution is 5.92. The van der Waals surface area contributed by atoms with Crippen LogP contribution in [0.5, 0.6) is 0 Å². The van der Waals surface area contributed by atoms with Gasteiger partial charge in [0.2, 0.25) is 0 Å². The van der Waals surface area contributed by atoms with Crippen LogP contribution in [0.4, 0.5) is 0 Å². The average molecular weight is 279 g/mol. The third-order valence-electron chi connectivity index (χ3n) is 3.56. The first-order valence-electron chi connectivity index (χ1n) is 7.17. The van der Waals surface area contributed by atoms with Crippen molar-refractivity contribution >= 4 is 5.91 Å². The SMILES string of the molecule is CCCCn1nc(C(=O)N2CCC(O)CC2)ccc1=O. The Balaban J connectivity index is 2.11. The van der Waals surface area contributed by atoms with Crippen LogP contribution in [-0.4, -0.2) is 44.9 Å². The minimum absolute atomic E-state index is 0.165. The van der Waals surface area contributed by atoms with E-state index in [2.05, 4.69) is 5.10 Å². The van der Waals surface area contributed by atoms with Gasteiger partial charge < -0.3 is 10.0 Å². The summed E-state index contributed by atoms with van der Waals surface area (Å²) in [5.74, 6) is -0.165. The number of likely N-dealkylation sites (tertiary alicyclic amines) is 1. The summed E-state index contributed by atoms with van der Waals surface area (Å²) in [6.07, 6.45) is 2.71. The van der Waals surface area contributed by atoms with Crippen molar-refractivity contribution in [1.82, 2.24) is 14.7 Å². The summed E-state index contributed by atoms with van der Waals surface area (Å²) in [5, 5.41) is 13.6. The van der Waals surface area contributed by atoms with Crippen LogP contribution in [-0.2, 0) is 6.54 Å². The van der Waals surface area contributed by atoms with Crippen molar-refractivity contribution in [1.29, 1.82) is 0 Å². The third-order valence-corrected chi connectivity index (χ3v) is 3.56. The molecule has 0 aromatic carbocycles. The van der Waals surface area contributed by atoms with Crippen molar-refractivity contribution in [2.45, 2.75) is 45.3 Å². The summed E-state index contributed by atoms with van der Waals surface area (Å²) < 4.78 is 1.36. The Morgan fingerprint density at radius 3 is 2.75 bits per heavy atom. The van der Waals surface area contributed by atoms with E-state index in [0.29, 0.717) is 38.2 Å². The number of aliphatic hydroxyl groups is 1. The van der Waals surface area contributed by atoms with Gasteiger partial charge in [-0.1, -0.05) is 13.3 Å². The van der Waals surface area contributed by atoms with E-state index in [9.17, 15) is 14.7 Å². The fourth-order valence-electron chi connectivity index (χ4n) is 2.26. The molecule has 6 heteroatoms. The van der Waals surface area contributed by atoms with Gasteiger partial charge in [0.05, 0.1) is 6.10 Å². The Morgan fingerprint density at radius 2 is 2.10 bits per heavy atom. The zero-order valence-corrected chi connectivity index (χ0v) is 11.8. The quantitative estimate of drug-likeness (QED) is 0.877. The molecule has 20 heavy (non-hydrogen) atoms. The second kappa shape index (κ2) is 6.65. The van der Waals surface area contributed by atoms with Crippen LogP contribution >= 0.6 is 0 Å². The number of piperidine rings is 1. The molecule has 1 aliphatic heterocycles. The average Bonchev–Trinajstić information content (AvgIpc) is 2.46. The number of unbranched alkanes of at least 4 members (excludes halogenated alkanes) is 1. The van der Waals surface area contributed by atoms with Gasteiger partial charge in [-0.15, -0.1) is 0 Å². The molecule has 1 aliphatic rings. The summed E-state index contributed by atoms with van der Waals surface area (Å²) in [6, 6.07) is 2.88. The molecule has 0 atom stereocenters. The minimum Gasteiger partial charge on any atom is -0.393 e. The molecule has 2 heterocycles. The number of nitrogens with zero attached hydrogens (tertiary/aromatic N) is 3. The summed E-state index contributed by atoms with van der Waals surface area (Å²) in [4.78, 5) is 25.7. The van der Waals surface area contributed by atoms with Crippen LogP contribution in [0.3, 0.4) is 0 Å². The standard InChI is InChI=1S/C14H21N3O3/c1-2-3-8-17-13(19)5-4-12(15-17)14(20)16-9-6-11(18)7-10-16/h4-5,11,18H,2-3,6-10H2,1H3. The molecule has 0 unspecified atom stereocenters. The summed E-state index contributed by atoms with van der Waals surface area (Å²) in [7, 11) is 0. The molecule has 0 aliphatic carbocycles. The van der Waals surface area contributed by atoms with E-state index < -0.39 is 0 Å². The van der Waals surface area contributed by atoms with Crippen molar-refractivity contribution in [3.63, 3.8) is 0 Å². The van der Waals surface area contributed by atoms with E-state index in [1.54, 1.807) is 4.90 Å². The lowest BCUT2D eigenvalue weighted by Gasteiger charge is -2.29. The highest BCUT2D eigenvalue weighted by Gasteiger charge is 2.23. The second-order valence-corrected chi connectivity index (χ2v) is 5.16. The number of aryl methyl sites for hydroxylation is 1. The van der Waals surface area contributed by atoms with Gasteiger partial charge in [0.15, 0.2) is 0 Å². The molecular formula is C14H21N3O3. The lowest BCUT2D eigenvalue weighted by atomic mass is 10.1. The predicted octanol–water partition coefficient (Wildman–Crippen LogP) is 0.640. The lowest BCUT2D eigenvalue weighted by Crippen LogP contribution is -2.41. The van der Waals surface area contributed by atoms with Gasteiger partial charge in [0, 0.05) is 25.7 Å². The van der Waals surface area contributed by atoms with E-state index in [1.165, 1.54) is 16.8 Å². The first-order chi connectivity index (χ1) is 9.61. The zero-order chi connectivity index (χ0) is 14.5. The van der Waals surface area contributed by atoms with Crippen molar-refractivity contribution in [3.05, 3.63) is 28.2 Å². The van der Waals surface area contributed by atoms with Crippen LogP contribution < -0.4 is 5.56 Å². The number of carbonyl (C=O) groups is 1. The molecule has 2 rings (SSSR count). The van der Waals surface area contributed by atoms with E-state index in [-0.39, 0.29) is 17.6 Å². The van der Waals surface area contributed by atoms with Crippen molar-refractivity contribution < 1.29 is 9.90 Å². The van der Waals surface area contributed by atoms with Crippen molar-refractivity contribution in [3.8, 4) is 0 Å². The molecule has 0 radical (unpaired) electrons. The number of aromatic nitrogens is 2. The molecule has 0 saturated carbocycles. The summed E-state index contributed by atoms with van der Waals surface area (Å²) >= 11 is 0. The minimum atomic E-state index is -0.314. The monoisotopic (exact) mass is 279 g/mol. The Hall–Kier alpha value is -1.69. The molecule has 1 saturated heterocycles. The van der Waals surface area contributed by atoms with Gasteiger partial charge in [-0.05, 0) is 25.3 Å². The molecular weight excluding hydrogens is 258 g/mol. The summed E-state index contributed by atoms with van der Waals surface area (Å²) in [5.41, 5.74) is 0.126. The van der Waals surface area contributed by atoms with Crippen LogP contribution in [0, 0.1) is 0 Å². The molecule has 1 fully saturated rings. The number of rotatable bonds is 4. The number of amides is 1. The Labute approximate surface area is 118 Å². The highest BCUT2D eigenvalue weighted by Crippen LogP contribution is 2.12. The molecule has 0 bridgehead atoms. The summed E-state index contributed by atoms with van der Waals surface area (Å²) in [6.45, 7) is 3.65. The smallest absolute Gasteiger partial charge is 0.274 e. The van der Waals surface area contributed by atoms with Crippen LogP contribution in [0.15, 0.2) is 16.9 Å². The third kappa shape index (κ3) is 3.45. The van der Waals surface area contributed by atoms with Gasteiger partial charge in [-0.2, -0.15) is 5.10 Å². The van der Waals surface area contributed by atoms with E-state index in [1.807, 2.05) is 6.92 Å². The zero-order valence-electron chi connectivity index (χ0n) is 11.8. The molecule has 1 aromatic rings. The van der Waals surface area contributed by atoms with Crippen molar-refractivity contribution in [2.24, 2.45) is 0 Å². The first kappa shape index (κ1) is 14.7. The number of hydrogen-bond acceptors (Lipinski definition) is 4. The molecule has 1 aromatic heterocycles. The molecule has 6 nitrogen and oxygen atoms in total. The topological polar surface area (TPSA) is 75.4 Å². The lowest BCUT2D eigenvalue weighted by molar-refractivity contribution is 0.0539. The van der Waals surface area contributed by atoms with Crippen LogP contribution in [0.25, 0.3) is 0 Å². The van der Waals surface area contributed by atoms with Crippen LogP contribution in [0.1, 0.15) is 43.1 Å². The second-order valence-electron chi connectivity index (χ2n) is 5.16. The Bertz CT molecular complexity index is 519. The maximum absolute atomic E-state index is 12.3. The van der Waals surface area contributed by atoms with Gasteiger partial charge in [-0.25, -0.2) is 4.68 Å². The molecule has 1 amide bonds. The predicted molar refractivity (Wildman–Crippen MR) is 74.5 cm³/mol. The van der Waals surface area contributed by atoms with Gasteiger partial charge in [-0.3, -0.25) is 9.59 Å². The van der Waals surface area contributed by atoms with E-state index in [4.69, 9.17) is 0 Å². The molecule has 110 valence electrons. The highest BCUT2D eigenvalue weighted by atomic mass is 16.3. The van der Waals surface area contributed by atoms with Gasteiger partial charge >= 0.3 is 0 Å².